The molecule has 1 aromatic carbocycles. The van der Waals surface area contributed by atoms with E-state index in [1.54, 1.807) is 10.7 Å². The van der Waals surface area contributed by atoms with Gasteiger partial charge in [-0.05, 0) is 46.1 Å². The van der Waals surface area contributed by atoms with Crippen LogP contribution < -0.4 is 10.5 Å². The molecule has 10 heteroatoms. The second kappa shape index (κ2) is 9.47. The summed E-state index contributed by atoms with van der Waals surface area (Å²) in [6, 6.07) is 6.61. The fraction of sp³-hybridized carbons (Fsp3) is 0.273. The Bertz CT molecular complexity index is 1240. The lowest BCUT2D eigenvalue weighted by Gasteiger charge is -2.11. The number of hydrogen-bond donors (Lipinski definition) is 1. The third kappa shape index (κ3) is 4.96. The van der Waals surface area contributed by atoms with E-state index in [2.05, 4.69) is 36.2 Å². The van der Waals surface area contributed by atoms with Crippen LogP contribution in [-0.2, 0) is 26.3 Å². The fourth-order valence-corrected chi connectivity index (χ4v) is 3.68. The van der Waals surface area contributed by atoms with Gasteiger partial charge < -0.3 is 15.0 Å². The van der Waals surface area contributed by atoms with Crippen molar-refractivity contribution in [2.45, 2.75) is 26.2 Å². The highest BCUT2D eigenvalue weighted by molar-refractivity contribution is 9.10. The summed E-state index contributed by atoms with van der Waals surface area (Å²) in [5.41, 5.74) is 10.0. The van der Waals surface area contributed by atoms with Crippen LogP contribution in [0.1, 0.15) is 29.5 Å². The lowest BCUT2D eigenvalue weighted by atomic mass is 9.98. The maximum atomic E-state index is 14.1. The van der Waals surface area contributed by atoms with E-state index in [1.807, 2.05) is 26.2 Å². The number of nitrogens with two attached hydrogens (primary N) is 1. The molecule has 0 atom stereocenters. The molecule has 0 aliphatic carbocycles. The lowest BCUT2D eigenvalue weighted by molar-refractivity contribution is 0.309. The van der Waals surface area contributed by atoms with Gasteiger partial charge >= 0.3 is 0 Å². The lowest BCUT2D eigenvalue weighted by Crippen LogP contribution is -2.07. The zero-order valence-electron chi connectivity index (χ0n) is 17.7. The molecule has 3 heterocycles. The molecule has 4 aromatic rings. The standard InChI is InChI=1S/C22H22BrFN6O2/c1-3-16-10-17(32-29-16)9-14-12-30(2)28-20(14)18-5-4-15(24)8-13(18)6-7-31-22-21(25)26-11-19(23)27-22/h4-5,8,10-12H,3,6-7,9H2,1-2H3,(H2,25,26). The van der Waals surface area contributed by atoms with E-state index in [1.165, 1.54) is 18.3 Å². The molecule has 0 spiro atoms. The highest BCUT2D eigenvalue weighted by Crippen LogP contribution is 2.29. The molecule has 0 radical (unpaired) electrons. The van der Waals surface area contributed by atoms with Crippen molar-refractivity contribution in [3.8, 4) is 17.1 Å². The summed E-state index contributed by atoms with van der Waals surface area (Å²) in [4.78, 5) is 8.18. The number of nitrogen functional groups attached to an aromatic ring is 1. The Balaban J connectivity index is 1.58. The van der Waals surface area contributed by atoms with Gasteiger partial charge in [-0.15, -0.1) is 0 Å². The molecule has 0 fully saturated rings. The van der Waals surface area contributed by atoms with Crippen LogP contribution in [0, 0.1) is 5.82 Å². The number of hydrogen-bond acceptors (Lipinski definition) is 7. The first-order valence-corrected chi connectivity index (χ1v) is 10.9. The molecule has 0 saturated heterocycles. The molecule has 3 aromatic heterocycles. The van der Waals surface area contributed by atoms with Gasteiger partial charge in [0.15, 0.2) is 5.82 Å². The minimum absolute atomic E-state index is 0.193. The summed E-state index contributed by atoms with van der Waals surface area (Å²) in [6.45, 7) is 2.27. The third-order valence-corrected chi connectivity index (χ3v) is 5.29. The van der Waals surface area contributed by atoms with Crippen molar-refractivity contribution < 1.29 is 13.7 Å². The van der Waals surface area contributed by atoms with Gasteiger partial charge in [0.2, 0.25) is 0 Å². The fourth-order valence-electron chi connectivity index (χ4n) is 3.41. The first-order valence-electron chi connectivity index (χ1n) is 10.1. The highest BCUT2D eigenvalue weighted by atomic mass is 79.9. The van der Waals surface area contributed by atoms with Crippen molar-refractivity contribution in [2.24, 2.45) is 7.05 Å². The van der Waals surface area contributed by atoms with Crippen LogP contribution in [0.15, 0.2) is 45.8 Å². The monoisotopic (exact) mass is 500 g/mol. The number of ether oxygens (including phenoxy) is 1. The Morgan fingerprint density at radius 2 is 2.09 bits per heavy atom. The van der Waals surface area contributed by atoms with Gasteiger partial charge in [-0.3, -0.25) is 4.68 Å². The van der Waals surface area contributed by atoms with Crippen molar-refractivity contribution in [3.05, 3.63) is 69.7 Å². The summed E-state index contributed by atoms with van der Waals surface area (Å²) in [7, 11) is 1.85. The average molecular weight is 501 g/mol. The topological polar surface area (TPSA) is 105 Å². The van der Waals surface area contributed by atoms with E-state index in [4.69, 9.17) is 15.0 Å². The Kier molecular flexibility index (Phi) is 6.50. The van der Waals surface area contributed by atoms with E-state index < -0.39 is 0 Å². The van der Waals surface area contributed by atoms with Crippen molar-refractivity contribution in [3.63, 3.8) is 0 Å². The van der Waals surface area contributed by atoms with E-state index in [0.29, 0.717) is 17.4 Å². The summed E-state index contributed by atoms with van der Waals surface area (Å²) >= 11 is 3.25. The Morgan fingerprint density at radius 3 is 2.88 bits per heavy atom. The number of anilines is 1. The number of halogens is 2. The third-order valence-electron chi connectivity index (χ3n) is 4.91. The van der Waals surface area contributed by atoms with Crippen molar-refractivity contribution in [1.29, 1.82) is 0 Å². The minimum Gasteiger partial charge on any atom is -0.475 e. The molecule has 0 aliphatic rings. The average Bonchev–Trinajstić information content (AvgIpc) is 3.37. The van der Waals surface area contributed by atoms with Crippen LogP contribution in [0.5, 0.6) is 5.88 Å². The summed E-state index contributed by atoms with van der Waals surface area (Å²) in [5, 5.41) is 8.69. The molecule has 4 rings (SSSR count). The number of nitrogens with zero attached hydrogens (tertiary/aromatic N) is 5. The smallest absolute Gasteiger partial charge is 0.258 e. The number of aryl methyl sites for hydroxylation is 2. The van der Waals surface area contributed by atoms with Crippen molar-refractivity contribution in [1.82, 2.24) is 24.9 Å². The van der Waals surface area contributed by atoms with Gasteiger partial charge in [0.05, 0.1) is 24.2 Å². The van der Waals surface area contributed by atoms with Crippen molar-refractivity contribution in [2.75, 3.05) is 12.3 Å². The molecular formula is C22H22BrFN6O2. The molecule has 0 aliphatic heterocycles. The van der Waals surface area contributed by atoms with Gasteiger partial charge in [-0.1, -0.05) is 12.1 Å². The molecule has 0 unspecified atom stereocenters. The molecule has 0 saturated carbocycles. The maximum absolute atomic E-state index is 14.1. The molecule has 166 valence electrons. The number of aromatic nitrogens is 5. The van der Waals surface area contributed by atoms with Crippen LogP contribution >= 0.6 is 15.9 Å². The second-order valence-electron chi connectivity index (χ2n) is 7.27. The van der Waals surface area contributed by atoms with Gasteiger partial charge in [0, 0.05) is 43.3 Å². The SMILES string of the molecule is CCc1cc(Cc2cn(C)nc2-c2ccc(F)cc2CCOc2nc(Br)cnc2N)on1. The highest BCUT2D eigenvalue weighted by Gasteiger charge is 2.17. The van der Waals surface area contributed by atoms with E-state index in [0.717, 1.165) is 40.3 Å². The normalized spacial score (nSPS) is 11.1. The van der Waals surface area contributed by atoms with Crippen LogP contribution in [0.25, 0.3) is 11.3 Å². The quantitative estimate of drug-likeness (QED) is 0.387. The Hall–Kier alpha value is -3.27. The van der Waals surface area contributed by atoms with Gasteiger partial charge in [0.1, 0.15) is 16.2 Å². The van der Waals surface area contributed by atoms with Crippen LogP contribution in [-0.4, -0.2) is 31.5 Å². The van der Waals surface area contributed by atoms with Gasteiger partial charge in [-0.25, -0.2) is 14.4 Å². The maximum Gasteiger partial charge on any atom is 0.258 e. The Morgan fingerprint density at radius 1 is 1.25 bits per heavy atom. The molecular weight excluding hydrogens is 479 g/mol. The van der Waals surface area contributed by atoms with Crippen LogP contribution in [0.3, 0.4) is 0 Å². The number of benzene rings is 1. The summed E-state index contributed by atoms with van der Waals surface area (Å²) < 4.78 is 27.5. The predicted octanol–water partition coefficient (Wildman–Crippen LogP) is 4.12. The van der Waals surface area contributed by atoms with Gasteiger partial charge in [-0.2, -0.15) is 5.10 Å². The number of rotatable bonds is 8. The van der Waals surface area contributed by atoms with Crippen molar-refractivity contribution >= 4 is 21.7 Å². The first-order chi connectivity index (χ1) is 15.4. The van der Waals surface area contributed by atoms with E-state index in [9.17, 15) is 4.39 Å². The predicted molar refractivity (Wildman–Crippen MR) is 121 cm³/mol. The zero-order valence-corrected chi connectivity index (χ0v) is 19.3. The largest absolute Gasteiger partial charge is 0.475 e. The molecule has 2 N–H and O–H groups in total. The van der Waals surface area contributed by atoms with Crippen LogP contribution in [0.2, 0.25) is 0 Å². The molecule has 8 nitrogen and oxygen atoms in total. The molecule has 0 bridgehead atoms. The molecule has 0 amide bonds. The summed E-state index contributed by atoms with van der Waals surface area (Å²) in [5.74, 6) is 0.851. The van der Waals surface area contributed by atoms with Crippen LogP contribution in [0.4, 0.5) is 10.2 Å². The second-order valence-corrected chi connectivity index (χ2v) is 8.09. The minimum atomic E-state index is -0.328. The first kappa shape index (κ1) is 21.9. The van der Waals surface area contributed by atoms with E-state index in [-0.39, 0.29) is 24.1 Å². The van der Waals surface area contributed by atoms with E-state index >= 15 is 0 Å². The van der Waals surface area contributed by atoms with Gasteiger partial charge in [0.25, 0.3) is 5.88 Å². The zero-order chi connectivity index (χ0) is 22.7. The molecule has 32 heavy (non-hydrogen) atoms. The Labute approximate surface area is 192 Å². The summed E-state index contributed by atoms with van der Waals surface area (Å²) in [6.07, 6.45) is 5.20.